The van der Waals surface area contributed by atoms with Crippen LogP contribution in [0.25, 0.3) is 0 Å². The fourth-order valence-electron chi connectivity index (χ4n) is 4.00. The topological polar surface area (TPSA) is 55.4 Å². The van der Waals surface area contributed by atoms with Crippen LogP contribution >= 0.6 is 23.1 Å². The first kappa shape index (κ1) is 19.2. The minimum Gasteiger partial charge on any atom is -0.466 e. The molecule has 0 aromatic carbocycles. The predicted octanol–water partition coefficient (Wildman–Crippen LogP) is 4.56. The molecule has 0 saturated carbocycles. The van der Waals surface area contributed by atoms with Crippen molar-refractivity contribution in [2.75, 3.05) is 13.4 Å². The summed E-state index contributed by atoms with van der Waals surface area (Å²) in [7, 11) is 1.39. The lowest BCUT2D eigenvalue weighted by molar-refractivity contribution is -0.136. The summed E-state index contributed by atoms with van der Waals surface area (Å²) in [4.78, 5) is 26.9. The summed E-state index contributed by atoms with van der Waals surface area (Å²) in [5.41, 5.74) is 3.99. The van der Waals surface area contributed by atoms with Crippen molar-refractivity contribution in [3.05, 3.63) is 39.0 Å². The lowest BCUT2D eigenvalue weighted by Gasteiger charge is -2.39. The molecule has 2 aliphatic rings. The van der Waals surface area contributed by atoms with Crippen LogP contribution in [0.5, 0.6) is 0 Å². The number of esters is 1. The molecule has 0 amide bonds. The highest BCUT2D eigenvalue weighted by atomic mass is 32.2. The largest absolute Gasteiger partial charge is 0.466 e. The standard InChI is InChI=1S/C20H25NO3S2/c1-10-7-12(19(25-6)26-10)16-15(18(23)24-5)11(2)21-13-8-20(3,4)9-14(22)17(13)16/h7,16,21H,8-9H2,1-6H3. The van der Waals surface area contributed by atoms with Gasteiger partial charge in [-0.05, 0) is 43.6 Å². The van der Waals surface area contributed by atoms with E-state index in [-0.39, 0.29) is 23.1 Å². The summed E-state index contributed by atoms with van der Waals surface area (Å²) in [5, 5.41) is 3.35. The van der Waals surface area contributed by atoms with E-state index >= 15 is 0 Å². The molecule has 0 spiro atoms. The Morgan fingerprint density at radius 2 is 2.04 bits per heavy atom. The zero-order valence-electron chi connectivity index (χ0n) is 16.1. The van der Waals surface area contributed by atoms with Gasteiger partial charge in [0.15, 0.2) is 5.78 Å². The SMILES string of the molecule is COC(=O)C1=C(C)NC2=C(C(=O)CC(C)(C)C2)C1c1cc(C)sc1SC. The van der Waals surface area contributed by atoms with Gasteiger partial charge in [-0.15, -0.1) is 23.1 Å². The number of carbonyl (C=O) groups excluding carboxylic acids is 2. The van der Waals surface area contributed by atoms with Crippen molar-refractivity contribution in [2.45, 2.75) is 50.7 Å². The first-order valence-electron chi connectivity index (χ1n) is 8.65. The van der Waals surface area contributed by atoms with Gasteiger partial charge < -0.3 is 10.1 Å². The summed E-state index contributed by atoms with van der Waals surface area (Å²) in [6.07, 6.45) is 3.33. The number of ketones is 1. The molecule has 1 aromatic heterocycles. The van der Waals surface area contributed by atoms with Gasteiger partial charge in [-0.25, -0.2) is 4.79 Å². The van der Waals surface area contributed by atoms with Gasteiger partial charge in [0.1, 0.15) is 0 Å². The van der Waals surface area contributed by atoms with Crippen LogP contribution in [0, 0.1) is 12.3 Å². The number of methoxy groups -OCH3 is 1. The van der Waals surface area contributed by atoms with E-state index in [0.29, 0.717) is 12.0 Å². The Balaban J connectivity index is 2.24. The minimum atomic E-state index is -0.375. The smallest absolute Gasteiger partial charge is 0.336 e. The van der Waals surface area contributed by atoms with Crippen LogP contribution in [0.3, 0.4) is 0 Å². The van der Waals surface area contributed by atoms with Crippen molar-refractivity contribution >= 4 is 34.9 Å². The molecule has 3 rings (SSSR count). The lowest BCUT2D eigenvalue weighted by Crippen LogP contribution is -2.38. The van der Waals surface area contributed by atoms with Crippen molar-refractivity contribution in [1.29, 1.82) is 0 Å². The molecule has 1 aliphatic heterocycles. The lowest BCUT2D eigenvalue weighted by atomic mass is 9.69. The third-order valence-electron chi connectivity index (χ3n) is 4.99. The van der Waals surface area contributed by atoms with Gasteiger partial charge >= 0.3 is 5.97 Å². The number of aryl methyl sites for hydroxylation is 1. The molecule has 1 aromatic rings. The second kappa shape index (κ2) is 6.89. The highest BCUT2D eigenvalue weighted by molar-refractivity contribution is 8.00. The van der Waals surface area contributed by atoms with E-state index in [0.717, 1.165) is 33.2 Å². The summed E-state index contributed by atoms with van der Waals surface area (Å²) in [6.45, 7) is 8.18. The Labute approximate surface area is 163 Å². The van der Waals surface area contributed by atoms with E-state index in [1.54, 1.807) is 23.1 Å². The molecule has 0 bridgehead atoms. The van der Waals surface area contributed by atoms with E-state index in [1.807, 2.05) is 13.2 Å². The number of thioether (sulfide) groups is 1. The Hall–Kier alpha value is -1.53. The predicted molar refractivity (Wildman–Crippen MR) is 106 cm³/mol. The van der Waals surface area contributed by atoms with Crippen LogP contribution in [0.1, 0.15) is 50.0 Å². The van der Waals surface area contributed by atoms with Crippen LogP contribution < -0.4 is 5.32 Å². The average Bonchev–Trinajstić information content (AvgIpc) is 2.92. The molecular weight excluding hydrogens is 366 g/mol. The molecule has 0 radical (unpaired) electrons. The van der Waals surface area contributed by atoms with E-state index in [1.165, 1.54) is 12.0 Å². The third kappa shape index (κ3) is 3.25. The van der Waals surface area contributed by atoms with Crippen molar-refractivity contribution in [1.82, 2.24) is 5.32 Å². The first-order valence-corrected chi connectivity index (χ1v) is 10.7. The zero-order valence-corrected chi connectivity index (χ0v) is 17.7. The maximum atomic E-state index is 13.1. The van der Waals surface area contributed by atoms with Crippen LogP contribution in [0.15, 0.2) is 32.8 Å². The van der Waals surface area contributed by atoms with Gasteiger partial charge in [0.25, 0.3) is 0 Å². The number of carbonyl (C=O) groups is 2. The van der Waals surface area contributed by atoms with Crippen molar-refractivity contribution in [3.63, 3.8) is 0 Å². The van der Waals surface area contributed by atoms with Gasteiger partial charge in [-0.1, -0.05) is 13.8 Å². The molecule has 6 heteroatoms. The van der Waals surface area contributed by atoms with E-state index in [4.69, 9.17) is 4.74 Å². The van der Waals surface area contributed by atoms with Crippen molar-refractivity contribution in [2.24, 2.45) is 5.41 Å². The highest BCUT2D eigenvalue weighted by Gasteiger charge is 2.43. The van der Waals surface area contributed by atoms with Gasteiger partial charge in [0.2, 0.25) is 0 Å². The molecule has 1 N–H and O–H groups in total. The van der Waals surface area contributed by atoms with E-state index in [9.17, 15) is 9.59 Å². The zero-order chi connectivity index (χ0) is 19.2. The Morgan fingerprint density at radius 3 is 2.65 bits per heavy atom. The second-order valence-corrected chi connectivity index (χ2v) is 10.1. The normalized spacial score (nSPS) is 22.2. The van der Waals surface area contributed by atoms with Crippen LogP contribution in [-0.4, -0.2) is 25.1 Å². The quantitative estimate of drug-likeness (QED) is 0.605. The van der Waals surface area contributed by atoms with Crippen molar-refractivity contribution < 1.29 is 14.3 Å². The maximum Gasteiger partial charge on any atom is 0.336 e. The number of hydrogen-bond acceptors (Lipinski definition) is 6. The number of allylic oxidation sites excluding steroid dienone is 3. The number of rotatable bonds is 3. The molecule has 26 heavy (non-hydrogen) atoms. The summed E-state index contributed by atoms with van der Waals surface area (Å²) in [6, 6.07) is 2.11. The molecule has 1 atom stereocenters. The van der Waals surface area contributed by atoms with E-state index in [2.05, 4.69) is 32.2 Å². The first-order chi connectivity index (χ1) is 12.2. The molecule has 0 fully saturated rings. The number of ether oxygens (including phenoxy) is 1. The van der Waals surface area contributed by atoms with Gasteiger partial charge in [-0.2, -0.15) is 0 Å². The third-order valence-corrected chi connectivity index (χ3v) is 7.21. The minimum absolute atomic E-state index is 0.0799. The molecule has 4 nitrogen and oxygen atoms in total. The number of hydrogen-bond donors (Lipinski definition) is 1. The summed E-state index contributed by atoms with van der Waals surface area (Å²) < 4.78 is 6.22. The number of dihydropyridines is 1. The molecule has 1 unspecified atom stereocenters. The van der Waals surface area contributed by atoms with Gasteiger partial charge in [-0.3, -0.25) is 4.79 Å². The van der Waals surface area contributed by atoms with Crippen LogP contribution in [-0.2, 0) is 14.3 Å². The average molecular weight is 392 g/mol. The van der Waals surface area contributed by atoms with Crippen molar-refractivity contribution in [3.8, 4) is 0 Å². The summed E-state index contributed by atoms with van der Waals surface area (Å²) >= 11 is 3.37. The van der Waals surface area contributed by atoms with E-state index < -0.39 is 0 Å². The summed E-state index contributed by atoms with van der Waals surface area (Å²) in [5.74, 6) is -0.603. The van der Waals surface area contributed by atoms with Crippen LogP contribution in [0.2, 0.25) is 0 Å². The van der Waals surface area contributed by atoms with Gasteiger partial charge in [0.05, 0.1) is 22.8 Å². The molecular formula is C20H25NO3S2. The Kier molecular flexibility index (Phi) is 5.10. The second-order valence-electron chi connectivity index (χ2n) is 7.73. The number of thiophene rings is 1. The number of Topliss-reactive ketones (excluding diaryl/α,β-unsaturated/α-hetero) is 1. The fraction of sp³-hybridized carbons (Fsp3) is 0.500. The molecule has 140 valence electrons. The molecule has 0 saturated heterocycles. The highest BCUT2D eigenvalue weighted by Crippen LogP contribution is 2.49. The molecule has 1 aliphatic carbocycles. The van der Waals surface area contributed by atoms with Crippen LogP contribution in [0.4, 0.5) is 0 Å². The Morgan fingerprint density at radius 1 is 1.35 bits per heavy atom. The number of nitrogens with one attached hydrogen (secondary N) is 1. The monoisotopic (exact) mass is 391 g/mol. The van der Waals surface area contributed by atoms with Gasteiger partial charge in [0, 0.05) is 28.3 Å². The molecule has 2 heterocycles. The maximum absolute atomic E-state index is 13.1. The Bertz CT molecular complexity index is 845. The fourth-order valence-corrected chi connectivity index (χ4v) is 5.91.